The largest absolute Gasteiger partial charge is 0.493 e. The minimum Gasteiger partial charge on any atom is -0.493 e. The Bertz CT molecular complexity index is 1860. The highest BCUT2D eigenvalue weighted by Gasteiger charge is 2.35. The fourth-order valence-corrected chi connectivity index (χ4v) is 6.92. The van der Waals surface area contributed by atoms with Gasteiger partial charge >= 0.3 is 0 Å². The lowest BCUT2D eigenvalue weighted by Crippen LogP contribution is -2.54. The maximum atomic E-state index is 14.7. The molecule has 4 aromatic rings. The molecule has 9 nitrogen and oxygen atoms in total. The number of hydrogen-bond donors (Lipinski definition) is 1. The van der Waals surface area contributed by atoms with Crippen molar-refractivity contribution in [3.8, 4) is 11.5 Å². The molecule has 4 rings (SSSR count). The Balaban J connectivity index is 1.84. The fourth-order valence-electron chi connectivity index (χ4n) is 5.17. The van der Waals surface area contributed by atoms with Crippen molar-refractivity contribution in [3.05, 3.63) is 118 Å². The summed E-state index contributed by atoms with van der Waals surface area (Å²) in [6.07, 6.45) is 0.860. The number of nitrogens with one attached hydrogen (secondary N) is 1. The van der Waals surface area contributed by atoms with Crippen LogP contribution >= 0.6 is 23.2 Å². The van der Waals surface area contributed by atoms with Crippen molar-refractivity contribution in [3.63, 3.8) is 0 Å². The van der Waals surface area contributed by atoms with Crippen LogP contribution in [0.3, 0.4) is 0 Å². The summed E-state index contributed by atoms with van der Waals surface area (Å²) in [7, 11) is -1.49. The van der Waals surface area contributed by atoms with Gasteiger partial charge in [-0.3, -0.25) is 13.9 Å². The summed E-state index contributed by atoms with van der Waals surface area (Å²) in [4.78, 5) is 30.0. The number of benzene rings is 4. The van der Waals surface area contributed by atoms with Gasteiger partial charge in [-0.1, -0.05) is 84.2 Å². The second-order valence-electron chi connectivity index (χ2n) is 11.7. The zero-order valence-corrected chi connectivity index (χ0v) is 30.5. The van der Waals surface area contributed by atoms with E-state index in [0.717, 1.165) is 15.4 Å². The van der Waals surface area contributed by atoms with E-state index in [4.69, 9.17) is 32.7 Å². The summed E-state index contributed by atoms with van der Waals surface area (Å²) in [5.74, 6) is -0.403. The summed E-state index contributed by atoms with van der Waals surface area (Å²) in [5, 5.41) is 3.65. The third-order valence-electron chi connectivity index (χ3n) is 8.15. The number of anilines is 1. The number of ether oxygens (including phenoxy) is 2. The van der Waals surface area contributed by atoms with Crippen molar-refractivity contribution in [1.82, 2.24) is 10.2 Å². The molecule has 0 unspecified atom stereocenters. The molecule has 12 heteroatoms. The highest BCUT2D eigenvalue weighted by atomic mass is 35.5. The second kappa shape index (κ2) is 16.9. The molecule has 0 heterocycles. The van der Waals surface area contributed by atoms with Crippen LogP contribution in [0.5, 0.6) is 11.5 Å². The number of nitrogens with zero attached hydrogens (tertiary/aromatic N) is 2. The van der Waals surface area contributed by atoms with Crippen LogP contribution in [0.15, 0.2) is 95.9 Å². The highest BCUT2D eigenvalue weighted by molar-refractivity contribution is 7.92. The van der Waals surface area contributed by atoms with Gasteiger partial charge in [-0.15, -0.1) is 0 Å². The van der Waals surface area contributed by atoms with E-state index in [2.05, 4.69) is 5.32 Å². The van der Waals surface area contributed by atoms with E-state index in [0.29, 0.717) is 22.8 Å². The summed E-state index contributed by atoms with van der Waals surface area (Å²) >= 11 is 12.6. The molecule has 0 spiro atoms. The molecule has 2 amide bonds. The quantitative estimate of drug-likeness (QED) is 0.141. The Morgan fingerprint density at radius 3 is 2.12 bits per heavy atom. The van der Waals surface area contributed by atoms with Gasteiger partial charge in [-0.2, -0.15) is 0 Å². The van der Waals surface area contributed by atoms with E-state index in [1.54, 1.807) is 42.5 Å². The monoisotopic (exact) mass is 725 g/mol. The van der Waals surface area contributed by atoms with Crippen LogP contribution in [0.2, 0.25) is 10.0 Å². The molecule has 0 aliphatic heterocycles. The average Bonchev–Trinajstić information content (AvgIpc) is 3.10. The van der Waals surface area contributed by atoms with Gasteiger partial charge in [-0.05, 0) is 67.8 Å². The van der Waals surface area contributed by atoms with E-state index in [-0.39, 0.29) is 46.3 Å². The summed E-state index contributed by atoms with van der Waals surface area (Å²) < 4.78 is 40.6. The molecule has 260 valence electrons. The van der Waals surface area contributed by atoms with Gasteiger partial charge in [0.1, 0.15) is 12.6 Å². The molecule has 4 aromatic carbocycles. The fraction of sp³-hybridized carbons (Fsp3) is 0.297. The van der Waals surface area contributed by atoms with Crippen molar-refractivity contribution in [2.45, 2.75) is 57.1 Å². The minimum absolute atomic E-state index is 0.0424. The van der Waals surface area contributed by atoms with E-state index in [9.17, 15) is 18.0 Å². The van der Waals surface area contributed by atoms with Crippen molar-refractivity contribution < 1.29 is 27.5 Å². The van der Waals surface area contributed by atoms with Crippen LogP contribution in [-0.2, 0) is 32.6 Å². The van der Waals surface area contributed by atoms with Crippen molar-refractivity contribution in [2.24, 2.45) is 0 Å². The first-order chi connectivity index (χ1) is 23.4. The van der Waals surface area contributed by atoms with E-state index < -0.39 is 28.5 Å². The van der Waals surface area contributed by atoms with Gasteiger partial charge in [0.25, 0.3) is 10.0 Å². The Hall–Kier alpha value is -4.25. The summed E-state index contributed by atoms with van der Waals surface area (Å²) in [6, 6.07) is 24.2. The van der Waals surface area contributed by atoms with Crippen LogP contribution in [-0.4, -0.2) is 58.0 Å². The molecular formula is C37H41Cl2N3O6S. The maximum Gasteiger partial charge on any atom is 0.264 e. The number of halogens is 2. The lowest BCUT2D eigenvalue weighted by molar-refractivity contribution is -0.140. The predicted octanol–water partition coefficient (Wildman–Crippen LogP) is 7.07. The molecule has 0 fully saturated rings. The zero-order valence-electron chi connectivity index (χ0n) is 28.2. The molecule has 0 aromatic heterocycles. The van der Waals surface area contributed by atoms with Crippen LogP contribution < -0.4 is 19.1 Å². The maximum absolute atomic E-state index is 14.7. The minimum atomic E-state index is -4.35. The molecule has 0 aliphatic carbocycles. The lowest BCUT2D eigenvalue weighted by Gasteiger charge is -2.34. The van der Waals surface area contributed by atoms with Gasteiger partial charge < -0.3 is 19.7 Å². The molecule has 0 bridgehead atoms. The third-order valence-corrected chi connectivity index (χ3v) is 10.7. The van der Waals surface area contributed by atoms with Crippen LogP contribution in [0.25, 0.3) is 0 Å². The third kappa shape index (κ3) is 9.47. The molecule has 0 saturated carbocycles. The van der Waals surface area contributed by atoms with E-state index in [1.807, 2.05) is 51.1 Å². The van der Waals surface area contributed by atoms with E-state index in [1.165, 1.54) is 37.3 Å². The SMILES string of the molecule is CC[C@H](C)NC(=O)[C@@H](Cc1ccccc1)N(Cc1ccc(Cl)c(Cl)c1)C(=O)CN(c1ccc(C)cc1)S(=O)(=O)c1ccc(OC)c(OC)c1. The number of aryl methyl sites for hydroxylation is 1. The van der Waals surface area contributed by atoms with Crippen LogP contribution in [0.4, 0.5) is 5.69 Å². The number of carbonyl (C=O) groups excluding carboxylic acids is 2. The van der Waals surface area contributed by atoms with Crippen molar-refractivity contribution in [2.75, 3.05) is 25.1 Å². The molecular weight excluding hydrogens is 685 g/mol. The molecule has 1 N–H and O–H groups in total. The van der Waals surface area contributed by atoms with Gasteiger partial charge in [0.15, 0.2) is 11.5 Å². The average molecular weight is 727 g/mol. The Morgan fingerprint density at radius 1 is 0.837 bits per heavy atom. The number of rotatable bonds is 15. The number of methoxy groups -OCH3 is 2. The second-order valence-corrected chi connectivity index (χ2v) is 14.3. The predicted molar refractivity (Wildman–Crippen MR) is 194 cm³/mol. The van der Waals surface area contributed by atoms with Crippen molar-refractivity contribution >= 4 is 50.7 Å². The number of hydrogen-bond acceptors (Lipinski definition) is 6. The van der Waals surface area contributed by atoms with Crippen LogP contribution in [0, 0.1) is 6.92 Å². The first kappa shape index (κ1) is 37.6. The Kier molecular flexibility index (Phi) is 13.0. The van der Waals surface area contributed by atoms with Gasteiger partial charge in [0.2, 0.25) is 11.8 Å². The Morgan fingerprint density at radius 2 is 1.51 bits per heavy atom. The summed E-state index contributed by atoms with van der Waals surface area (Å²) in [5.41, 5.74) is 2.62. The summed E-state index contributed by atoms with van der Waals surface area (Å²) in [6.45, 7) is 5.07. The van der Waals surface area contributed by atoms with Gasteiger partial charge in [0, 0.05) is 25.1 Å². The van der Waals surface area contributed by atoms with Crippen molar-refractivity contribution in [1.29, 1.82) is 0 Å². The van der Waals surface area contributed by atoms with Gasteiger partial charge in [0.05, 0.1) is 34.8 Å². The standard InChI is InChI=1S/C37H41Cl2N3O6S/c1-6-26(3)40-37(44)33(21-27-10-8-7-9-11-27)41(23-28-14-18-31(38)32(39)20-28)36(43)24-42(29-15-12-25(2)13-16-29)49(45,46)30-17-19-34(47-4)35(22-30)48-5/h7-20,22,26,33H,6,21,23-24H2,1-5H3,(H,40,44)/t26-,33+/m0/s1. The smallest absolute Gasteiger partial charge is 0.264 e. The molecule has 2 atom stereocenters. The number of carbonyl (C=O) groups is 2. The normalized spacial score (nSPS) is 12.5. The molecule has 49 heavy (non-hydrogen) atoms. The lowest BCUT2D eigenvalue weighted by atomic mass is 10.0. The first-order valence-electron chi connectivity index (χ1n) is 15.8. The topological polar surface area (TPSA) is 105 Å². The zero-order chi connectivity index (χ0) is 35.7. The van der Waals surface area contributed by atoms with Gasteiger partial charge in [-0.25, -0.2) is 8.42 Å². The highest BCUT2D eigenvalue weighted by Crippen LogP contribution is 2.33. The number of sulfonamides is 1. The first-order valence-corrected chi connectivity index (χ1v) is 18.0. The number of amides is 2. The molecule has 0 saturated heterocycles. The Labute approximate surface area is 298 Å². The molecule has 0 aliphatic rings. The van der Waals surface area contributed by atoms with E-state index >= 15 is 0 Å². The van der Waals surface area contributed by atoms with Crippen LogP contribution in [0.1, 0.15) is 37.0 Å². The molecule has 0 radical (unpaired) electrons.